The second-order valence-corrected chi connectivity index (χ2v) is 7.40. The fraction of sp³-hybridized carbons (Fsp3) is 0.381. The molecule has 0 radical (unpaired) electrons. The van der Waals surface area contributed by atoms with Crippen molar-refractivity contribution in [1.29, 1.82) is 0 Å². The molecule has 1 N–H and O–H groups in total. The number of hydrogen-bond donors (Lipinski definition) is 1. The van der Waals surface area contributed by atoms with Crippen molar-refractivity contribution in [2.45, 2.75) is 6.04 Å². The number of methoxy groups -OCH3 is 1. The van der Waals surface area contributed by atoms with Crippen molar-refractivity contribution in [1.82, 2.24) is 10.2 Å². The summed E-state index contributed by atoms with van der Waals surface area (Å²) >= 11 is 3.38. The van der Waals surface area contributed by atoms with Crippen LogP contribution in [0.15, 0.2) is 53.0 Å². The van der Waals surface area contributed by atoms with E-state index in [1.54, 1.807) is 7.11 Å². The van der Waals surface area contributed by atoms with E-state index in [9.17, 15) is 4.79 Å². The summed E-state index contributed by atoms with van der Waals surface area (Å²) in [6.07, 6.45) is 0. The Morgan fingerprint density at radius 1 is 1.11 bits per heavy atom. The maximum absolute atomic E-state index is 12.3. The fourth-order valence-corrected chi connectivity index (χ4v) is 3.38. The summed E-state index contributed by atoms with van der Waals surface area (Å²) in [6.45, 7) is 3.57. The molecule has 7 heteroatoms. The molecular weight excluding hydrogens is 424 g/mol. The molecule has 28 heavy (non-hydrogen) atoms. The minimum absolute atomic E-state index is 0.0138. The van der Waals surface area contributed by atoms with Gasteiger partial charge in [0.1, 0.15) is 11.5 Å². The quantitative estimate of drug-likeness (QED) is 0.672. The Hall–Kier alpha value is -2.09. The maximum Gasteiger partial charge on any atom is 0.258 e. The van der Waals surface area contributed by atoms with Crippen molar-refractivity contribution in [2.24, 2.45) is 0 Å². The van der Waals surface area contributed by atoms with E-state index in [2.05, 4.69) is 26.1 Å². The van der Waals surface area contributed by atoms with E-state index in [4.69, 9.17) is 14.2 Å². The lowest BCUT2D eigenvalue weighted by Gasteiger charge is -2.35. The maximum atomic E-state index is 12.3. The van der Waals surface area contributed by atoms with Gasteiger partial charge in [-0.15, -0.1) is 0 Å². The van der Waals surface area contributed by atoms with Crippen LogP contribution in [0, 0.1) is 0 Å². The van der Waals surface area contributed by atoms with E-state index in [0.29, 0.717) is 25.5 Å². The standard InChI is InChI=1S/C21H25BrN2O4/c1-26-18-6-2-16(3-7-18)20(24-10-12-27-13-11-24)14-23-21(25)15-28-19-8-4-17(22)5-9-19/h2-9,20H,10-15H2,1H3,(H,23,25). The van der Waals surface area contributed by atoms with Crippen molar-refractivity contribution in [3.8, 4) is 11.5 Å². The molecule has 150 valence electrons. The molecule has 1 unspecified atom stereocenters. The number of morpholine rings is 1. The lowest BCUT2D eigenvalue weighted by molar-refractivity contribution is -0.123. The Labute approximate surface area is 173 Å². The van der Waals surface area contributed by atoms with Gasteiger partial charge >= 0.3 is 0 Å². The Balaban J connectivity index is 1.58. The number of hydrogen-bond acceptors (Lipinski definition) is 5. The molecule has 3 rings (SSSR count). The molecule has 1 amide bonds. The Morgan fingerprint density at radius 2 is 1.75 bits per heavy atom. The molecule has 2 aromatic rings. The van der Waals surface area contributed by atoms with Crippen molar-refractivity contribution >= 4 is 21.8 Å². The van der Waals surface area contributed by atoms with Crippen LogP contribution in [0.3, 0.4) is 0 Å². The third-order valence-corrected chi connectivity index (χ3v) is 5.19. The summed E-state index contributed by atoms with van der Waals surface area (Å²) < 4.78 is 17.2. The average Bonchev–Trinajstić information content (AvgIpc) is 2.74. The highest BCUT2D eigenvalue weighted by Gasteiger charge is 2.23. The highest BCUT2D eigenvalue weighted by molar-refractivity contribution is 9.10. The zero-order chi connectivity index (χ0) is 19.8. The van der Waals surface area contributed by atoms with E-state index in [1.165, 1.54) is 0 Å². The molecule has 0 aromatic heterocycles. The molecule has 1 fully saturated rings. The minimum Gasteiger partial charge on any atom is -0.497 e. The number of ether oxygens (including phenoxy) is 3. The molecule has 0 saturated carbocycles. The number of rotatable bonds is 8. The first kappa shape index (κ1) is 20.6. The summed E-state index contributed by atoms with van der Waals surface area (Å²) in [4.78, 5) is 14.6. The van der Waals surface area contributed by atoms with Gasteiger partial charge in [-0.25, -0.2) is 0 Å². The van der Waals surface area contributed by atoms with Crippen LogP contribution < -0.4 is 14.8 Å². The third-order valence-electron chi connectivity index (χ3n) is 4.66. The number of benzene rings is 2. The molecule has 0 spiro atoms. The minimum atomic E-state index is -0.144. The van der Waals surface area contributed by atoms with Gasteiger partial charge in [-0.2, -0.15) is 0 Å². The predicted octanol–water partition coefficient (Wildman–Crippen LogP) is 3.03. The van der Waals surface area contributed by atoms with E-state index in [-0.39, 0.29) is 18.6 Å². The third kappa shape index (κ3) is 5.95. The summed E-state index contributed by atoms with van der Waals surface area (Å²) in [5.41, 5.74) is 1.14. The summed E-state index contributed by atoms with van der Waals surface area (Å²) in [5.74, 6) is 1.34. The van der Waals surface area contributed by atoms with E-state index < -0.39 is 0 Å². The predicted molar refractivity (Wildman–Crippen MR) is 111 cm³/mol. The molecule has 0 bridgehead atoms. The molecule has 1 saturated heterocycles. The number of amides is 1. The first-order valence-electron chi connectivity index (χ1n) is 9.26. The Bertz CT molecular complexity index is 746. The van der Waals surface area contributed by atoms with Gasteiger partial charge in [-0.3, -0.25) is 9.69 Å². The van der Waals surface area contributed by atoms with Crippen molar-refractivity contribution in [3.63, 3.8) is 0 Å². The number of carbonyl (C=O) groups excluding carboxylic acids is 1. The summed E-state index contributed by atoms with van der Waals surface area (Å²) in [7, 11) is 1.65. The zero-order valence-corrected chi connectivity index (χ0v) is 17.5. The zero-order valence-electron chi connectivity index (χ0n) is 15.9. The van der Waals surface area contributed by atoms with Gasteiger partial charge < -0.3 is 19.5 Å². The lowest BCUT2D eigenvalue weighted by atomic mass is 10.0. The largest absolute Gasteiger partial charge is 0.497 e. The van der Waals surface area contributed by atoms with E-state index in [1.807, 2.05) is 48.5 Å². The number of halogens is 1. The van der Waals surface area contributed by atoms with E-state index in [0.717, 1.165) is 28.9 Å². The van der Waals surface area contributed by atoms with Crippen LogP contribution in [-0.4, -0.2) is 57.4 Å². The van der Waals surface area contributed by atoms with Crippen molar-refractivity contribution in [2.75, 3.05) is 46.6 Å². The van der Waals surface area contributed by atoms with Crippen LogP contribution in [0.5, 0.6) is 11.5 Å². The van der Waals surface area contributed by atoms with Crippen LogP contribution in [-0.2, 0) is 9.53 Å². The molecule has 2 aromatic carbocycles. The van der Waals surface area contributed by atoms with Crippen LogP contribution >= 0.6 is 15.9 Å². The lowest BCUT2D eigenvalue weighted by Crippen LogP contribution is -2.44. The smallest absolute Gasteiger partial charge is 0.258 e. The van der Waals surface area contributed by atoms with Gasteiger partial charge in [0, 0.05) is 24.1 Å². The Kier molecular flexibility index (Phi) is 7.71. The van der Waals surface area contributed by atoms with Crippen LogP contribution in [0.25, 0.3) is 0 Å². The van der Waals surface area contributed by atoms with Crippen LogP contribution in [0.2, 0.25) is 0 Å². The first-order chi connectivity index (χ1) is 13.7. The van der Waals surface area contributed by atoms with Gasteiger partial charge in [-0.1, -0.05) is 28.1 Å². The highest BCUT2D eigenvalue weighted by Crippen LogP contribution is 2.23. The monoisotopic (exact) mass is 448 g/mol. The van der Waals surface area contributed by atoms with E-state index >= 15 is 0 Å². The van der Waals surface area contributed by atoms with Crippen molar-refractivity contribution < 1.29 is 19.0 Å². The van der Waals surface area contributed by atoms with Gasteiger partial charge in [0.15, 0.2) is 6.61 Å². The average molecular weight is 449 g/mol. The normalized spacial score (nSPS) is 15.6. The highest BCUT2D eigenvalue weighted by atomic mass is 79.9. The molecular formula is C21H25BrN2O4. The topological polar surface area (TPSA) is 60.0 Å². The molecule has 1 atom stereocenters. The summed E-state index contributed by atoms with van der Waals surface area (Å²) in [6, 6.07) is 15.5. The van der Waals surface area contributed by atoms with Gasteiger partial charge in [0.2, 0.25) is 0 Å². The fourth-order valence-electron chi connectivity index (χ4n) is 3.11. The molecule has 1 aliphatic heterocycles. The molecule has 0 aliphatic carbocycles. The van der Waals surface area contributed by atoms with Crippen molar-refractivity contribution in [3.05, 3.63) is 58.6 Å². The number of carbonyl (C=O) groups is 1. The Morgan fingerprint density at radius 3 is 2.39 bits per heavy atom. The second kappa shape index (κ2) is 10.5. The molecule has 1 heterocycles. The summed E-state index contributed by atoms with van der Waals surface area (Å²) in [5, 5.41) is 3.00. The van der Waals surface area contributed by atoms with Crippen LogP contribution in [0.1, 0.15) is 11.6 Å². The number of nitrogens with zero attached hydrogens (tertiary/aromatic N) is 1. The number of nitrogens with one attached hydrogen (secondary N) is 1. The second-order valence-electron chi connectivity index (χ2n) is 6.48. The van der Waals surface area contributed by atoms with Crippen LogP contribution in [0.4, 0.5) is 0 Å². The SMILES string of the molecule is COc1ccc(C(CNC(=O)COc2ccc(Br)cc2)N2CCOCC2)cc1. The first-order valence-corrected chi connectivity index (χ1v) is 10.1. The molecule has 1 aliphatic rings. The van der Waals surface area contributed by atoms with Gasteiger partial charge in [-0.05, 0) is 42.0 Å². The van der Waals surface area contributed by atoms with Gasteiger partial charge in [0.25, 0.3) is 5.91 Å². The van der Waals surface area contributed by atoms with Gasteiger partial charge in [0.05, 0.1) is 26.4 Å². The molecule has 6 nitrogen and oxygen atoms in total.